The van der Waals surface area contributed by atoms with Gasteiger partial charge in [0.2, 0.25) is 0 Å². The summed E-state index contributed by atoms with van der Waals surface area (Å²) in [7, 11) is 0.312. The van der Waals surface area contributed by atoms with Crippen LogP contribution < -0.4 is 10.4 Å². The van der Waals surface area contributed by atoms with Crippen molar-refractivity contribution in [3.63, 3.8) is 0 Å². The lowest BCUT2D eigenvalue weighted by molar-refractivity contribution is 0.149. The van der Waals surface area contributed by atoms with E-state index in [1.54, 1.807) is 7.11 Å². The van der Waals surface area contributed by atoms with Crippen LogP contribution in [-0.2, 0) is 9.16 Å². The quantitative estimate of drug-likeness (QED) is 0.620. The van der Waals surface area contributed by atoms with Crippen molar-refractivity contribution in [2.45, 2.75) is 13.8 Å². The fourth-order valence-corrected chi connectivity index (χ4v) is 3.94. The topological polar surface area (TPSA) is 18.5 Å². The zero-order chi connectivity index (χ0) is 14.4. The number of hydrogen-bond donors (Lipinski definition) is 0. The van der Waals surface area contributed by atoms with Crippen LogP contribution in [-0.4, -0.2) is 16.2 Å². The number of allylic oxidation sites excluding steroid dienone is 1. The number of rotatable bonds is 5. The van der Waals surface area contributed by atoms with Gasteiger partial charge < -0.3 is 9.16 Å². The van der Waals surface area contributed by atoms with Crippen molar-refractivity contribution in [1.29, 1.82) is 0 Å². The molecule has 0 heterocycles. The van der Waals surface area contributed by atoms with Crippen molar-refractivity contribution in [2.24, 2.45) is 0 Å². The summed E-state index contributed by atoms with van der Waals surface area (Å²) in [6.07, 6.45) is 0. The average molecular weight is 283 g/mol. The zero-order valence-corrected chi connectivity index (χ0v) is 13.1. The molecular weight excluding hydrogens is 264 g/mol. The minimum Gasteiger partial charge on any atom is -0.508 e. The summed E-state index contributed by atoms with van der Waals surface area (Å²) in [6.45, 7) is 3.99. The van der Waals surface area contributed by atoms with E-state index < -0.39 is 9.04 Å². The lowest BCUT2D eigenvalue weighted by Crippen LogP contribution is -2.44. The summed E-state index contributed by atoms with van der Waals surface area (Å²) in [5.74, 6) is 0.617. The van der Waals surface area contributed by atoms with Gasteiger partial charge in [0.05, 0.1) is 7.11 Å². The third-order valence-electron chi connectivity index (χ3n) is 2.86. The molecule has 2 aromatic carbocycles. The molecule has 0 aromatic heterocycles. The lowest BCUT2D eigenvalue weighted by atomic mass is 10.4. The van der Waals surface area contributed by atoms with Crippen molar-refractivity contribution in [3.05, 3.63) is 72.2 Å². The first kappa shape index (κ1) is 14.4. The molecule has 3 heteroatoms. The Hall–Kier alpha value is -2.00. The maximum Gasteiger partial charge on any atom is 0.356 e. The molecule has 0 aliphatic rings. The minimum absolute atomic E-state index is 0.617. The van der Waals surface area contributed by atoms with E-state index in [9.17, 15) is 0 Å². The molecule has 2 rings (SSSR count). The van der Waals surface area contributed by atoms with E-state index in [0.717, 1.165) is 5.57 Å². The first-order valence-corrected chi connectivity index (χ1v) is 8.00. The van der Waals surface area contributed by atoms with Crippen LogP contribution in [0.15, 0.2) is 72.2 Å². The van der Waals surface area contributed by atoms with Crippen LogP contribution in [0.25, 0.3) is 0 Å². The summed E-state index contributed by atoms with van der Waals surface area (Å²) < 4.78 is 11.6. The van der Waals surface area contributed by atoms with E-state index in [2.05, 4.69) is 24.3 Å². The summed E-state index contributed by atoms with van der Waals surface area (Å²) in [4.78, 5) is 0. The predicted molar refractivity (Wildman–Crippen MR) is 84.4 cm³/mol. The Morgan fingerprint density at radius 3 is 1.60 bits per heavy atom. The van der Waals surface area contributed by atoms with Gasteiger partial charge in [-0.2, -0.15) is 0 Å². The molecular formula is C17H19O2Si. The maximum atomic E-state index is 6.19. The summed E-state index contributed by atoms with van der Waals surface area (Å²) in [5.41, 5.74) is 1.04. The molecule has 0 fully saturated rings. The molecule has 0 saturated carbocycles. The van der Waals surface area contributed by atoms with Crippen LogP contribution in [0.2, 0.25) is 0 Å². The molecule has 0 amide bonds. The Morgan fingerprint density at radius 2 is 1.25 bits per heavy atom. The van der Waals surface area contributed by atoms with E-state index >= 15 is 0 Å². The molecule has 0 atom stereocenters. The highest BCUT2D eigenvalue weighted by Crippen LogP contribution is 2.08. The van der Waals surface area contributed by atoms with E-state index in [1.165, 1.54) is 10.4 Å². The van der Waals surface area contributed by atoms with Gasteiger partial charge in [-0.3, -0.25) is 0 Å². The Labute approximate surface area is 122 Å². The Balaban J connectivity index is 2.38. The predicted octanol–water partition coefficient (Wildman–Crippen LogP) is 2.71. The van der Waals surface area contributed by atoms with E-state index in [-0.39, 0.29) is 0 Å². The highest BCUT2D eigenvalue weighted by molar-refractivity contribution is 6.80. The van der Waals surface area contributed by atoms with Crippen LogP contribution in [0.1, 0.15) is 13.8 Å². The molecule has 0 saturated heterocycles. The van der Waals surface area contributed by atoms with Crippen molar-refractivity contribution in [3.8, 4) is 0 Å². The molecule has 0 aliphatic carbocycles. The van der Waals surface area contributed by atoms with Gasteiger partial charge in [0, 0.05) is 5.57 Å². The molecule has 0 bridgehead atoms. The molecule has 0 spiro atoms. The monoisotopic (exact) mass is 283 g/mol. The number of hydrogen-bond acceptors (Lipinski definition) is 2. The summed E-state index contributed by atoms with van der Waals surface area (Å²) in [5, 5.41) is 2.42. The number of methoxy groups -OCH3 is 1. The zero-order valence-electron chi connectivity index (χ0n) is 12.1. The second-order valence-electron chi connectivity index (χ2n) is 4.65. The Bertz CT molecular complexity index is 521. The van der Waals surface area contributed by atoms with E-state index in [1.807, 2.05) is 50.2 Å². The fourth-order valence-electron chi connectivity index (χ4n) is 1.90. The fraction of sp³-hybridized carbons (Fsp3) is 0.176. The van der Waals surface area contributed by atoms with Gasteiger partial charge in [0.25, 0.3) is 5.95 Å². The van der Waals surface area contributed by atoms with Crippen LogP contribution in [0.4, 0.5) is 0 Å². The lowest BCUT2D eigenvalue weighted by Gasteiger charge is -2.19. The van der Waals surface area contributed by atoms with Gasteiger partial charge in [-0.05, 0) is 24.2 Å². The minimum atomic E-state index is -1.34. The first-order chi connectivity index (χ1) is 9.72. The van der Waals surface area contributed by atoms with E-state index in [0.29, 0.717) is 5.95 Å². The van der Waals surface area contributed by atoms with Gasteiger partial charge in [-0.1, -0.05) is 60.7 Å². The molecule has 0 N–H and O–H groups in total. The van der Waals surface area contributed by atoms with Crippen molar-refractivity contribution in [2.75, 3.05) is 7.11 Å². The van der Waals surface area contributed by atoms with Gasteiger partial charge in [0.15, 0.2) is 0 Å². The van der Waals surface area contributed by atoms with Crippen LogP contribution in [0.3, 0.4) is 0 Å². The maximum absolute atomic E-state index is 6.19. The molecule has 20 heavy (non-hydrogen) atoms. The van der Waals surface area contributed by atoms with E-state index in [4.69, 9.17) is 9.16 Å². The van der Waals surface area contributed by atoms with Crippen LogP contribution >= 0.6 is 0 Å². The molecule has 1 radical (unpaired) electrons. The second kappa shape index (κ2) is 6.96. The smallest absolute Gasteiger partial charge is 0.356 e. The second-order valence-corrected chi connectivity index (χ2v) is 6.67. The third kappa shape index (κ3) is 3.51. The Kier molecular flexibility index (Phi) is 5.01. The third-order valence-corrected chi connectivity index (χ3v) is 4.97. The molecule has 2 nitrogen and oxygen atoms in total. The van der Waals surface area contributed by atoms with Crippen molar-refractivity contribution >= 4 is 19.4 Å². The van der Waals surface area contributed by atoms with Gasteiger partial charge in [0.1, 0.15) is 0 Å². The largest absolute Gasteiger partial charge is 0.508 e. The van der Waals surface area contributed by atoms with Gasteiger partial charge >= 0.3 is 9.04 Å². The Morgan fingerprint density at radius 1 is 0.800 bits per heavy atom. The van der Waals surface area contributed by atoms with Gasteiger partial charge in [-0.25, -0.2) is 0 Å². The van der Waals surface area contributed by atoms with Crippen LogP contribution in [0.5, 0.6) is 0 Å². The number of ether oxygens (including phenoxy) is 1. The first-order valence-electron chi connectivity index (χ1n) is 6.59. The van der Waals surface area contributed by atoms with Crippen molar-refractivity contribution < 1.29 is 9.16 Å². The summed E-state index contributed by atoms with van der Waals surface area (Å²) >= 11 is 0. The van der Waals surface area contributed by atoms with Crippen molar-refractivity contribution in [1.82, 2.24) is 0 Å². The highest BCUT2D eigenvalue weighted by Gasteiger charge is 2.22. The molecule has 103 valence electrons. The SMILES string of the molecule is COC(O[Si](c1ccccc1)c1ccccc1)=C(C)C. The van der Waals surface area contributed by atoms with Crippen LogP contribution in [0, 0.1) is 0 Å². The normalized spacial score (nSPS) is 10.2. The summed E-state index contributed by atoms with van der Waals surface area (Å²) in [6, 6.07) is 20.7. The standard InChI is InChI=1S/C17H19O2Si/c1-14(2)17(18-3)19-20(15-10-6-4-7-11-15)16-12-8-5-9-13-16/h4-13H,1-3H3. The molecule has 0 aliphatic heterocycles. The molecule has 2 aromatic rings. The number of benzene rings is 2. The highest BCUT2D eigenvalue weighted by atomic mass is 28.3. The molecule has 0 unspecified atom stereocenters. The van der Waals surface area contributed by atoms with Gasteiger partial charge in [-0.15, -0.1) is 0 Å². The average Bonchev–Trinajstić information content (AvgIpc) is 2.50.